The van der Waals surface area contributed by atoms with E-state index in [0.29, 0.717) is 5.56 Å². The molecule has 0 aliphatic carbocycles. The zero-order valence-electron chi connectivity index (χ0n) is 32.8. The standard InChI is InChI=1S/C53H38FN3O2/c1-53(2,3)59-52(58)57-49-31-30-33(55-45-26-10-5-17-35(45)36-18-6-11-27-46(36)55)32-43(49)42-24-15-23-41(51(42)57)38-20-8-13-29-48(38)56-47-28-12-7-19-37(47)40-22-14-21-39(50(40)56)34-16-4-9-25-44(34)54/h4-32H,1-3H3. The van der Waals surface area contributed by atoms with Gasteiger partial charge in [0.25, 0.3) is 0 Å². The van der Waals surface area contributed by atoms with E-state index >= 15 is 4.39 Å². The summed E-state index contributed by atoms with van der Waals surface area (Å²) in [7, 11) is 0. The molecular formula is C53H38FN3O2. The van der Waals surface area contributed by atoms with Gasteiger partial charge in [0.2, 0.25) is 0 Å². The summed E-state index contributed by atoms with van der Waals surface area (Å²) in [4.78, 5) is 14.6. The van der Waals surface area contributed by atoms with Crippen LogP contribution in [0.25, 0.3) is 99.0 Å². The highest BCUT2D eigenvalue weighted by molar-refractivity contribution is 6.19. The first kappa shape index (κ1) is 34.8. The van der Waals surface area contributed by atoms with Crippen LogP contribution in [-0.2, 0) is 4.74 Å². The Kier molecular flexibility index (Phi) is 7.69. The predicted molar refractivity (Wildman–Crippen MR) is 241 cm³/mol. The topological polar surface area (TPSA) is 41.1 Å². The number of aromatic nitrogens is 3. The van der Waals surface area contributed by atoms with Gasteiger partial charge in [-0.25, -0.2) is 13.8 Å². The average molecular weight is 768 g/mol. The smallest absolute Gasteiger partial charge is 0.419 e. The number of hydrogen-bond acceptors (Lipinski definition) is 2. The highest BCUT2D eigenvalue weighted by Gasteiger charge is 2.27. The maximum atomic E-state index is 15.7. The number of carbonyl (C=O) groups excluding carboxylic acids is 1. The Bertz CT molecular complexity index is 3450. The third-order valence-corrected chi connectivity index (χ3v) is 11.5. The minimum Gasteiger partial charge on any atom is -0.443 e. The van der Waals surface area contributed by atoms with Crippen molar-refractivity contribution in [2.45, 2.75) is 26.4 Å². The number of benzene rings is 8. The van der Waals surface area contributed by atoms with Crippen LogP contribution >= 0.6 is 0 Å². The number of halogens is 1. The summed E-state index contributed by atoms with van der Waals surface area (Å²) in [5, 5.41) is 6.31. The van der Waals surface area contributed by atoms with Crippen molar-refractivity contribution in [3.63, 3.8) is 0 Å². The van der Waals surface area contributed by atoms with Gasteiger partial charge in [0.05, 0.1) is 38.8 Å². The molecule has 3 aromatic heterocycles. The van der Waals surface area contributed by atoms with E-state index < -0.39 is 11.7 Å². The molecule has 0 spiro atoms. The van der Waals surface area contributed by atoms with E-state index in [1.54, 1.807) is 10.6 Å². The maximum absolute atomic E-state index is 15.7. The summed E-state index contributed by atoms with van der Waals surface area (Å²) in [5.74, 6) is -0.281. The van der Waals surface area contributed by atoms with E-state index in [4.69, 9.17) is 4.74 Å². The van der Waals surface area contributed by atoms with Crippen LogP contribution in [0.5, 0.6) is 0 Å². The molecule has 6 heteroatoms. The monoisotopic (exact) mass is 767 g/mol. The number of hydrogen-bond donors (Lipinski definition) is 0. The number of nitrogens with zero attached hydrogens (tertiary/aromatic N) is 3. The van der Waals surface area contributed by atoms with E-state index in [0.717, 1.165) is 82.7 Å². The molecule has 5 nitrogen and oxygen atoms in total. The third kappa shape index (κ3) is 5.33. The molecule has 8 aromatic carbocycles. The van der Waals surface area contributed by atoms with Crippen molar-refractivity contribution < 1.29 is 13.9 Å². The third-order valence-electron chi connectivity index (χ3n) is 11.5. The van der Waals surface area contributed by atoms with Crippen molar-refractivity contribution in [2.75, 3.05) is 0 Å². The minimum atomic E-state index is -0.734. The van der Waals surface area contributed by atoms with E-state index in [-0.39, 0.29) is 5.82 Å². The summed E-state index contributed by atoms with van der Waals surface area (Å²) in [6.45, 7) is 5.68. The summed E-state index contributed by atoms with van der Waals surface area (Å²) in [5.41, 5.74) is 9.90. The van der Waals surface area contributed by atoms with Crippen LogP contribution in [0, 0.1) is 5.82 Å². The van der Waals surface area contributed by atoms with Crippen LogP contribution in [0.2, 0.25) is 0 Å². The van der Waals surface area contributed by atoms with E-state index in [2.05, 4.69) is 118 Å². The van der Waals surface area contributed by atoms with Gasteiger partial charge in [-0.05, 0) is 69.3 Å². The maximum Gasteiger partial charge on any atom is 0.419 e. The van der Waals surface area contributed by atoms with Gasteiger partial charge in [0.15, 0.2) is 0 Å². The lowest BCUT2D eigenvalue weighted by Crippen LogP contribution is -2.27. The summed E-state index contributed by atoms with van der Waals surface area (Å²) in [6.07, 6.45) is -0.453. The fraction of sp³-hybridized carbons (Fsp3) is 0.0755. The molecule has 0 radical (unpaired) electrons. The van der Waals surface area contributed by atoms with Crippen LogP contribution in [0.3, 0.4) is 0 Å². The Hall–Kier alpha value is -7.44. The van der Waals surface area contributed by atoms with Crippen molar-refractivity contribution in [1.29, 1.82) is 0 Å². The lowest BCUT2D eigenvalue weighted by atomic mass is 9.99. The Labute approximate surface area is 339 Å². The molecule has 0 amide bonds. The van der Waals surface area contributed by atoms with Gasteiger partial charge in [0, 0.05) is 60.3 Å². The normalized spacial score (nSPS) is 12.1. The van der Waals surface area contributed by atoms with E-state index in [9.17, 15) is 4.79 Å². The highest BCUT2D eigenvalue weighted by Crippen LogP contribution is 2.44. The predicted octanol–water partition coefficient (Wildman–Crippen LogP) is 14.2. The molecule has 0 aliphatic heterocycles. The second kappa shape index (κ2) is 13.0. The van der Waals surface area contributed by atoms with Gasteiger partial charge in [-0.2, -0.15) is 0 Å². The molecule has 0 saturated heterocycles. The molecule has 0 unspecified atom stereocenters. The van der Waals surface area contributed by atoms with Crippen LogP contribution in [0.4, 0.5) is 9.18 Å². The molecule has 0 atom stereocenters. The van der Waals surface area contributed by atoms with Crippen LogP contribution in [0.15, 0.2) is 176 Å². The first-order chi connectivity index (χ1) is 28.8. The molecule has 3 heterocycles. The summed E-state index contributed by atoms with van der Waals surface area (Å²) >= 11 is 0. The van der Waals surface area contributed by atoms with E-state index in [1.165, 1.54) is 16.8 Å². The lowest BCUT2D eigenvalue weighted by molar-refractivity contribution is 0.0551. The van der Waals surface area contributed by atoms with Gasteiger partial charge in [-0.15, -0.1) is 0 Å². The zero-order valence-corrected chi connectivity index (χ0v) is 32.8. The van der Waals surface area contributed by atoms with Crippen molar-refractivity contribution in [3.8, 4) is 33.6 Å². The number of para-hydroxylation sites is 6. The molecule has 0 aliphatic rings. The average Bonchev–Trinajstić information content (AvgIpc) is 3.89. The van der Waals surface area contributed by atoms with Crippen LogP contribution in [-0.4, -0.2) is 25.4 Å². The summed E-state index contributed by atoms with van der Waals surface area (Å²) in [6, 6.07) is 59.2. The second-order valence-electron chi connectivity index (χ2n) is 16.1. The van der Waals surface area contributed by atoms with Crippen LogP contribution in [0.1, 0.15) is 20.8 Å². The molecule has 0 saturated carbocycles. The Balaban J connectivity index is 1.22. The summed E-state index contributed by atoms with van der Waals surface area (Å²) < 4.78 is 28.1. The zero-order chi connectivity index (χ0) is 40.0. The number of ether oxygens (including phenoxy) is 1. The first-order valence-electron chi connectivity index (χ1n) is 19.9. The highest BCUT2D eigenvalue weighted by atomic mass is 19.1. The largest absolute Gasteiger partial charge is 0.443 e. The van der Waals surface area contributed by atoms with Crippen molar-refractivity contribution in [3.05, 3.63) is 182 Å². The quantitative estimate of drug-likeness (QED) is 0.179. The van der Waals surface area contributed by atoms with Crippen molar-refractivity contribution >= 4 is 71.5 Å². The number of rotatable bonds is 4. The van der Waals surface area contributed by atoms with Crippen molar-refractivity contribution in [1.82, 2.24) is 13.7 Å². The SMILES string of the molecule is CC(C)(C)OC(=O)n1c2ccc(-n3c4ccccc4c4ccccc43)cc2c2cccc(-c3ccccc3-n3c4ccccc4c4cccc(-c5ccccc5F)c43)c21. The fourth-order valence-electron chi connectivity index (χ4n) is 9.17. The molecule has 0 bridgehead atoms. The molecule has 11 rings (SSSR count). The van der Waals surface area contributed by atoms with Gasteiger partial charge in [-0.3, -0.25) is 0 Å². The molecule has 11 aromatic rings. The molecule has 0 fully saturated rings. The fourth-order valence-corrected chi connectivity index (χ4v) is 9.17. The minimum absolute atomic E-state index is 0.281. The number of carbonyl (C=O) groups is 1. The lowest BCUT2D eigenvalue weighted by Gasteiger charge is -2.21. The first-order valence-corrected chi connectivity index (χ1v) is 19.9. The second-order valence-corrected chi connectivity index (χ2v) is 16.1. The Morgan fingerprint density at radius 1 is 0.458 bits per heavy atom. The molecule has 59 heavy (non-hydrogen) atoms. The Morgan fingerprint density at radius 3 is 1.59 bits per heavy atom. The van der Waals surface area contributed by atoms with Gasteiger partial charge < -0.3 is 13.9 Å². The van der Waals surface area contributed by atoms with Gasteiger partial charge in [-0.1, -0.05) is 127 Å². The van der Waals surface area contributed by atoms with Gasteiger partial charge >= 0.3 is 6.09 Å². The molecule has 0 N–H and O–H groups in total. The van der Waals surface area contributed by atoms with E-state index in [1.807, 2.05) is 75.4 Å². The number of fused-ring (bicyclic) bond motifs is 9. The Morgan fingerprint density at radius 2 is 0.949 bits per heavy atom. The molecule has 284 valence electrons. The van der Waals surface area contributed by atoms with Gasteiger partial charge in [0.1, 0.15) is 11.4 Å². The van der Waals surface area contributed by atoms with Crippen LogP contribution < -0.4 is 0 Å². The van der Waals surface area contributed by atoms with Crippen molar-refractivity contribution in [2.24, 2.45) is 0 Å². The molecular weight excluding hydrogens is 730 g/mol.